The first-order valence-corrected chi connectivity index (χ1v) is 4.86. The molecule has 0 saturated carbocycles. The van der Waals surface area contributed by atoms with Crippen LogP contribution < -0.4 is 5.32 Å². The van der Waals surface area contributed by atoms with Gasteiger partial charge in [0.25, 0.3) is 0 Å². The SMILES string of the molecule is Cc1cc(C)c(C2(C)CN2)c(C)c1. The normalized spacial score (nSPS) is 26.2. The highest BCUT2D eigenvalue weighted by molar-refractivity contribution is 5.44. The molecule has 1 aromatic carbocycles. The van der Waals surface area contributed by atoms with E-state index >= 15 is 0 Å². The molecule has 0 aromatic heterocycles. The van der Waals surface area contributed by atoms with Gasteiger partial charge < -0.3 is 5.32 Å². The third kappa shape index (κ3) is 1.37. The fourth-order valence-corrected chi connectivity index (χ4v) is 2.36. The highest BCUT2D eigenvalue weighted by atomic mass is 15.1. The van der Waals surface area contributed by atoms with Crippen molar-refractivity contribution in [3.63, 3.8) is 0 Å². The first-order chi connectivity index (χ1) is 6.03. The van der Waals surface area contributed by atoms with Crippen molar-refractivity contribution in [3.05, 3.63) is 34.4 Å². The van der Waals surface area contributed by atoms with Gasteiger partial charge >= 0.3 is 0 Å². The zero-order valence-electron chi connectivity index (χ0n) is 8.86. The number of rotatable bonds is 1. The summed E-state index contributed by atoms with van der Waals surface area (Å²) in [4.78, 5) is 0. The van der Waals surface area contributed by atoms with Gasteiger partial charge in [-0.3, -0.25) is 0 Å². The first kappa shape index (κ1) is 8.76. The average molecular weight is 175 g/mol. The van der Waals surface area contributed by atoms with Crippen molar-refractivity contribution in [1.82, 2.24) is 5.32 Å². The van der Waals surface area contributed by atoms with Crippen molar-refractivity contribution in [2.45, 2.75) is 33.2 Å². The van der Waals surface area contributed by atoms with Crippen LogP contribution in [0.1, 0.15) is 29.2 Å². The summed E-state index contributed by atoms with van der Waals surface area (Å²) >= 11 is 0. The van der Waals surface area contributed by atoms with Crippen molar-refractivity contribution in [2.75, 3.05) is 6.54 Å². The van der Waals surface area contributed by atoms with E-state index in [1.165, 1.54) is 22.3 Å². The molecule has 1 nitrogen and oxygen atoms in total. The molecule has 13 heavy (non-hydrogen) atoms. The van der Waals surface area contributed by atoms with E-state index < -0.39 is 0 Å². The molecule has 1 fully saturated rings. The number of aryl methyl sites for hydroxylation is 3. The van der Waals surface area contributed by atoms with Gasteiger partial charge in [-0.15, -0.1) is 0 Å². The minimum Gasteiger partial charge on any atom is -0.304 e. The largest absolute Gasteiger partial charge is 0.304 e. The minimum atomic E-state index is 0.266. The van der Waals surface area contributed by atoms with Gasteiger partial charge in [0.15, 0.2) is 0 Å². The third-order valence-corrected chi connectivity index (χ3v) is 2.94. The standard InChI is InChI=1S/C12H17N/c1-8-5-9(2)11(10(3)6-8)12(4)7-13-12/h5-6,13H,7H2,1-4H3. The molecule has 0 amide bonds. The lowest BCUT2D eigenvalue weighted by molar-refractivity contribution is 0.748. The van der Waals surface area contributed by atoms with Crippen molar-refractivity contribution in [2.24, 2.45) is 0 Å². The molecular formula is C12H17N. The Morgan fingerprint density at radius 2 is 1.62 bits per heavy atom. The Kier molecular flexibility index (Phi) is 1.74. The molecule has 2 rings (SSSR count). The number of hydrogen-bond donors (Lipinski definition) is 1. The zero-order valence-corrected chi connectivity index (χ0v) is 8.86. The first-order valence-electron chi connectivity index (χ1n) is 4.86. The monoisotopic (exact) mass is 175 g/mol. The highest BCUT2D eigenvalue weighted by Crippen LogP contribution is 2.35. The Morgan fingerprint density at radius 3 is 2.00 bits per heavy atom. The van der Waals surface area contributed by atoms with Crippen LogP contribution >= 0.6 is 0 Å². The highest BCUT2D eigenvalue weighted by Gasteiger charge is 2.40. The van der Waals surface area contributed by atoms with Crippen LogP contribution in [-0.2, 0) is 5.54 Å². The number of nitrogens with one attached hydrogen (secondary N) is 1. The van der Waals surface area contributed by atoms with E-state index in [2.05, 4.69) is 45.1 Å². The van der Waals surface area contributed by atoms with Crippen LogP contribution in [0.4, 0.5) is 0 Å². The maximum absolute atomic E-state index is 3.43. The van der Waals surface area contributed by atoms with Crippen LogP contribution in [0.2, 0.25) is 0 Å². The van der Waals surface area contributed by atoms with E-state index in [1.54, 1.807) is 0 Å². The fourth-order valence-electron chi connectivity index (χ4n) is 2.36. The van der Waals surface area contributed by atoms with Crippen LogP contribution in [0, 0.1) is 20.8 Å². The predicted octanol–water partition coefficient (Wildman–Crippen LogP) is 2.43. The molecule has 1 atom stereocenters. The van der Waals surface area contributed by atoms with E-state index in [-0.39, 0.29) is 5.54 Å². The summed E-state index contributed by atoms with van der Waals surface area (Å²) in [6, 6.07) is 4.54. The zero-order chi connectivity index (χ0) is 9.64. The molecule has 1 heteroatoms. The fraction of sp³-hybridized carbons (Fsp3) is 0.500. The Labute approximate surface area is 80.2 Å². The molecule has 1 unspecified atom stereocenters. The minimum absolute atomic E-state index is 0.266. The van der Waals surface area contributed by atoms with Crippen LogP contribution in [0.5, 0.6) is 0 Å². The Morgan fingerprint density at radius 1 is 1.15 bits per heavy atom. The van der Waals surface area contributed by atoms with E-state index in [0.717, 1.165) is 6.54 Å². The number of hydrogen-bond acceptors (Lipinski definition) is 1. The quantitative estimate of drug-likeness (QED) is 0.650. The summed E-state index contributed by atoms with van der Waals surface area (Å²) in [5.41, 5.74) is 5.97. The lowest BCUT2D eigenvalue weighted by Crippen LogP contribution is -2.11. The van der Waals surface area contributed by atoms with Gasteiger partial charge in [-0.2, -0.15) is 0 Å². The van der Waals surface area contributed by atoms with E-state index in [1.807, 2.05) is 0 Å². The Balaban J connectivity index is 2.57. The molecule has 0 spiro atoms. The summed E-state index contributed by atoms with van der Waals surface area (Å²) in [5, 5.41) is 3.43. The van der Waals surface area contributed by atoms with Gasteiger partial charge in [0, 0.05) is 6.54 Å². The molecule has 1 N–H and O–H groups in total. The molecule has 1 heterocycles. The van der Waals surface area contributed by atoms with Gasteiger partial charge in [-0.05, 0) is 44.4 Å². The maximum atomic E-state index is 3.43. The molecule has 1 saturated heterocycles. The topological polar surface area (TPSA) is 21.9 Å². The second kappa shape index (κ2) is 2.58. The van der Waals surface area contributed by atoms with E-state index in [9.17, 15) is 0 Å². The van der Waals surface area contributed by atoms with Gasteiger partial charge in [-0.1, -0.05) is 17.7 Å². The van der Waals surface area contributed by atoms with Crippen LogP contribution in [-0.4, -0.2) is 6.54 Å². The van der Waals surface area contributed by atoms with Gasteiger partial charge in [0.05, 0.1) is 5.54 Å². The van der Waals surface area contributed by atoms with Crippen LogP contribution in [0.15, 0.2) is 12.1 Å². The van der Waals surface area contributed by atoms with Crippen LogP contribution in [0.25, 0.3) is 0 Å². The molecule has 0 radical (unpaired) electrons. The van der Waals surface area contributed by atoms with E-state index in [0.29, 0.717) is 0 Å². The molecule has 1 aromatic rings. The summed E-state index contributed by atoms with van der Waals surface area (Å²) in [7, 11) is 0. The molecule has 1 aliphatic heterocycles. The summed E-state index contributed by atoms with van der Waals surface area (Å²) in [6.07, 6.45) is 0. The third-order valence-electron chi connectivity index (χ3n) is 2.94. The van der Waals surface area contributed by atoms with Gasteiger partial charge in [0.1, 0.15) is 0 Å². The number of benzene rings is 1. The second-order valence-electron chi connectivity index (χ2n) is 4.46. The van der Waals surface area contributed by atoms with Crippen molar-refractivity contribution in [1.29, 1.82) is 0 Å². The van der Waals surface area contributed by atoms with Gasteiger partial charge in [-0.25, -0.2) is 0 Å². The lowest BCUT2D eigenvalue weighted by Gasteiger charge is -2.15. The predicted molar refractivity (Wildman–Crippen MR) is 56.0 cm³/mol. The molecule has 70 valence electrons. The van der Waals surface area contributed by atoms with Gasteiger partial charge in [0.2, 0.25) is 0 Å². The maximum Gasteiger partial charge on any atom is 0.0538 e. The van der Waals surface area contributed by atoms with Crippen molar-refractivity contribution in [3.8, 4) is 0 Å². The lowest BCUT2D eigenvalue weighted by atomic mass is 9.90. The molecule has 1 aliphatic rings. The summed E-state index contributed by atoms with van der Waals surface area (Å²) in [6.45, 7) is 9.98. The molecular weight excluding hydrogens is 158 g/mol. The summed E-state index contributed by atoms with van der Waals surface area (Å²) < 4.78 is 0. The second-order valence-corrected chi connectivity index (χ2v) is 4.46. The van der Waals surface area contributed by atoms with Crippen LogP contribution in [0.3, 0.4) is 0 Å². The Hall–Kier alpha value is -0.820. The summed E-state index contributed by atoms with van der Waals surface area (Å²) in [5.74, 6) is 0. The van der Waals surface area contributed by atoms with Crippen molar-refractivity contribution < 1.29 is 0 Å². The Bertz CT molecular complexity index is 325. The van der Waals surface area contributed by atoms with E-state index in [4.69, 9.17) is 0 Å². The van der Waals surface area contributed by atoms with Crippen molar-refractivity contribution >= 4 is 0 Å². The smallest absolute Gasteiger partial charge is 0.0538 e. The average Bonchev–Trinajstić information content (AvgIpc) is 2.65. The molecule has 0 bridgehead atoms. The molecule has 0 aliphatic carbocycles.